The lowest BCUT2D eigenvalue weighted by molar-refractivity contribution is -0.384. The van der Waals surface area contributed by atoms with Gasteiger partial charge in [-0.3, -0.25) is 24.6 Å². The van der Waals surface area contributed by atoms with Crippen molar-refractivity contribution in [2.45, 2.75) is 13.8 Å². The lowest BCUT2D eigenvalue weighted by Gasteiger charge is -2.19. The Labute approximate surface area is 222 Å². The molecule has 0 atom stereocenters. The molecule has 1 aliphatic heterocycles. The van der Waals surface area contributed by atoms with Gasteiger partial charge >= 0.3 is 0 Å². The maximum Gasteiger partial charge on any atom is 0.283 e. The number of halogens is 1. The quantitative estimate of drug-likeness (QED) is 0.244. The summed E-state index contributed by atoms with van der Waals surface area (Å²) in [6, 6.07) is 15.7. The van der Waals surface area contributed by atoms with Gasteiger partial charge in [-0.15, -0.1) is 0 Å². The zero-order valence-electron chi connectivity index (χ0n) is 20.7. The van der Waals surface area contributed by atoms with Gasteiger partial charge in [0.05, 0.1) is 29.2 Å². The fourth-order valence-corrected chi connectivity index (χ4v) is 4.61. The van der Waals surface area contributed by atoms with Gasteiger partial charge in [-0.1, -0.05) is 30.0 Å². The molecule has 3 aromatic rings. The Morgan fingerprint density at radius 2 is 1.82 bits per heavy atom. The minimum Gasteiger partial charge on any atom is -0.497 e. The third-order valence-electron chi connectivity index (χ3n) is 5.48. The number of amides is 2. The van der Waals surface area contributed by atoms with Crippen LogP contribution in [0.25, 0.3) is 6.08 Å². The van der Waals surface area contributed by atoms with Crippen LogP contribution in [0.3, 0.4) is 0 Å². The van der Waals surface area contributed by atoms with E-state index in [0.29, 0.717) is 11.4 Å². The molecule has 1 aliphatic rings. The summed E-state index contributed by atoms with van der Waals surface area (Å²) in [6.45, 7) is 3.83. The Bertz CT molecular complexity index is 1470. The van der Waals surface area contributed by atoms with E-state index >= 15 is 0 Å². The summed E-state index contributed by atoms with van der Waals surface area (Å²) in [5, 5.41) is 13.6. The van der Waals surface area contributed by atoms with E-state index in [1.165, 1.54) is 4.90 Å². The topological polar surface area (TPSA) is 114 Å². The maximum absolute atomic E-state index is 14.1. The van der Waals surface area contributed by atoms with Crippen molar-refractivity contribution in [2.24, 2.45) is 4.99 Å². The molecule has 0 radical (unpaired) electrons. The van der Waals surface area contributed by atoms with Crippen LogP contribution in [0.2, 0.25) is 0 Å². The van der Waals surface area contributed by atoms with Gasteiger partial charge in [0.2, 0.25) is 5.91 Å². The first-order chi connectivity index (χ1) is 18.1. The number of benzene rings is 3. The van der Waals surface area contributed by atoms with Crippen LogP contribution in [0.4, 0.5) is 21.5 Å². The van der Waals surface area contributed by atoms with E-state index < -0.39 is 16.6 Å². The van der Waals surface area contributed by atoms with Crippen molar-refractivity contribution in [1.29, 1.82) is 0 Å². The molecule has 3 aromatic carbocycles. The van der Waals surface area contributed by atoms with Crippen LogP contribution in [0.15, 0.2) is 71.4 Å². The number of nitro groups is 1. The van der Waals surface area contributed by atoms with Gasteiger partial charge in [0.15, 0.2) is 5.17 Å². The highest BCUT2D eigenvalue weighted by molar-refractivity contribution is 8.14. The molecule has 1 N–H and O–H groups in total. The first-order valence-corrected chi connectivity index (χ1v) is 12.4. The number of anilines is 2. The van der Waals surface area contributed by atoms with Gasteiger partial charge in [-0.25, -0.2) is 9.38 Å². The Morgan fingerprint density at radius 1 is 1.13 bits per heavy atom. The minimum atomic E-state index is -0.802. The fraction of sp³-hybridized carbons (Fsp3) is 0.148. The molecule has 2 amide bonds. The van der Waals surface area contributed by atoms with Crippen molar-refractivity contribution >= 4 is 51.9 Å². The SMILES string of the molecule is COc1ccc(/C=C2\N=C(SCC(=O)Nc3cc([N+](=O)[O-])ccc3F)N(c3cc(C)cc(C)c3)C2=O)cc1. The van der Waals surface area contributed by atoms with Crippen LogP contribution in [-0.2, 0) is 9.59 Å². The molecule has 0 aliphatic carbocycles. The second-order valence-electron chi connectivity index (χ2n) is 8.44. The number of carbonyl (C=O) groups is 2. The Hall–Kier alpha value is -4.51. The predicted molar refractivity (Wildman–Crippen MR) is 146 cm³/mol. The monoisotopic (exact) mass is 534 g/mol. The predicted octanol–water partition coefficient (Wildman–Crippen LogP) is 5.47. The largest absolute Gasteiger partial charge is 0.497 e. The van der Waals surface area contributed by atoms with E-state index in [9.17, 15) is 24.1 Å². The molecular weight excluding hydrogens is 511 g/mol. The Balaban J connectivity index is 1.60. The number of hydrogen-bond donors (Lipinski definition) is 1. The summed E-state index contributed by atoms with van der Waals surface area (Å²) in [5.74, 6) is -1.32. The number of ether oxygens (including phenoxy) is 1. The van der Waals surface area contributed by atoms with Crippen LogP contribution in [0, 0.1) is 29.8 Å². The normalized spacial score (nSPS) is 14.0. The summed E-state index contributed by atoms with van der Waals surface area (Å²) in [6.07, 6.45) is 1.64. The number of non-ortho nitro benzene ring substituents is 1. The first kappa shape index (κ1) is 26.6. The van der Waals surface area contributed by atoms with Gasteiger partial charge < -0.3 is 10.1 Å². The van der Waals surface area contributed by atoms with E-state index in [0.717, 1.165) is 46.7 Å². The van der Waals surface area contributed by atoms with E-state index in [4.69, 9.17) is 4.74 Å². The van der Waals surface area contributed by atoms with Crippen LogP contribution in [-0.4, -0.2) is 34.8 Å². The molecule has 4 rings (SSSR count). The number of aliphatic imine (C=N–C) groups is 1. The molecule has 11 heteroatoms. The van der Waals surface area contributed by atoms with Gasteiger partial charge in [-0.05, 0) is 66.9 Å². The number of hydrogen-bond acceptors (Lipinski definition) is 7. The molecule has 9 nitrogen and oxygen atoms in total. The number of amidine groups is 1. The average molecular weight is 535 g/mol. The molecule has 0 aromatic heterocycles. The second-order valence-corrected chi connectivity index (χ2v) is 9.38. The van der Waals surface area contributed by atoms with E-state index in [1.807, 2.05) is 32.0 Å². The van der Waals surface area contributed by atoms with Crippen LogP contribution >= 0.6 is 11.8 Å². The molecule has 0 bridgehead atoms. The molecular formula is C27H23FN4O5S. The summed E-state index contributed by atoms with van der Waals surface area (Å²) < 4.78 is 19.3. The van der Waals surface area contributed by atoms with E-state index in [2.05, 4.69) is 10.3 Å². The number of thioether (sulfide) groups is 1. The van der Waals surface area contributed by atoms with Crippen molar-refractivity contribution in [3.05, 3.63) is 99.0 Å². The summed E-state index contributed by atoms with van der Waals surface area (Å²) >= 11 is 0.992. The lowest BCUT2D eigenvalue weighted by atomic mass is 10.1. The highest BCUT2D eigenvalue weighted by Gasteiger charge is 2.32. The first-order valence-electron chi connectivity index (χ1n) is 11.4. The third kappa shape index (κ3) is 6.06. The number of methoxy groups -OCH3 is 1. The van der Waals surface area contributed by atoms with Crippen molar-refractivity contribution < 1.29 is 23.6 Å². The van der Waals surface area contributed by atoms with Crippen LogP contribution in [0.5, 0.6) is 5.75 Å². The number of carbonyl (C=O) groups excluding carboxylic acids is 2. The van der Waals surface area contributed by atoms with E-state index in [1.54, 1.807) is 37.5 Å². The molecule has 194 valence electrons. The molecule has 0 fully saturated rings. The highest BCUT2D eigenvalue weighted by atomic mass is 32.2. The zero-order valence-corrected chi connectivity index (χ0v) is 21.5. The van der Waals surface area contributed by atoms with Crippen molar-refractivity contribution in [3.8, 4) is 5.75 Å². The van der Waals surface area contributed by atoms with Crippen molar-refractivity contribution in [1.82, 2.24) is 0 Å². The van der Waals surface area contributed by atoms with Crippen molar-refractivity contribution in [2.75, 3.05) is 23.1 Å². The fourth-order valence-electron chi connectivity index (χ4n) is 3.80. The number of nitro benzene ring substituents is 1. The summed E-state index contributed by atoms with van der Waals surface area (Å²) in [7, 11) is 1.56. The van der Waals surface area contributed by atoms with Crippen LogP contribution in [0.1, 0.15) is 16.7 Å². The number of nitrogens with one attached hydrogen (secondary N) is 1. The van der Waals surface area contributed by atoms with Crippen molar-refractivity contribution in [3.63, 3.8) is 0 Å². The minimum absolute atomic E-state index is 0.182. The molecule has 1 heterocycles. The Kier molecular flexibility index (Phi) is 7.87. The highest BCUT2D eigenvalue weighted by Crippen LogP contribution is 2.31. The Morgan fingerprint density at radius 3 is 2.45 bits per heavy atom. The lowest BCUT2D eigenvalue weighted by Crippen LogP contribution is -2.31. The molecule has 0 saturated carbocycles. The van der Waals surface area contributed by atoms with Gasteiger partial charge in [0.1, 0.15) is 17.3 Å². The summed E-state index contributed by atoms with van der Waals surface area (Å²) in [5.41, 5.74) is 2.76. The second kappa shape index (κ2) is 11.3. The molecule has 0 spiro atoms. The van der Waals surface area contributed by atoms with Gasteiger partial charge in [0.25, 0.3) is 11.6 Å². The summed E-state index contributed by atoms with van der Waals surface area (Å²) in [4.78, 5) is 42.3. The number of aryl methyl sites for hydroxylation is 2. The van der Waals surface area contributed by atoms with Crippen LogP contribution < -0.4 is 15.0 Å². The maximum atomic E-state index is 14.1. The number of nitrogens with zero attached hydrogens (tertiary/aromatic N) is 3. The molecule has 38 heavy (non-hydrogen) atoms. The third-order valence-corrected chi connectivity index (χ3v) is 6.42. The molecule has 0 saturated heterocycles. The average Bonchev–Trinajstić information content (AvgIpc) is 3.18. The van der Waals surface area contributed by atoms with Gasteiger partial charge in [-0.2, -0.15) is 0 Å². The van der Waals surface area contributed by atoms with E-state index in [-0.39, 0.29) is 33.9 Å². The van der Waals surface area contributed by atoms with Gasteiger partial charge in [0, 0.05) is 12.1 Å². The smallest absolute Gasteiger partial charge is 0.283 e. The number of rotatable bonds is 7. The molecule has 0 unspecified atom stereocenters. The standard InChI is InChI=1S/C27H23FN4O5S/c1-16-10-17(2)12-20(11-16)31-26(34)24(13-18-4-7-21(37-3)8-5-18)30-27(31)38-15-25(33)29-23-14-19(32(35)36)6-9-22(23)28/h4-14H,15H2,1-3H3,(H,29,33)/b24-13-. The zero-order chi connectivity index (χ0) is 27.4.